The fourth-order valence-electron chi connectivity index (χ4n) is 3.41. The Morgan fingerprint density at radius 1 is 1.16 bits per heavy atom. The predicted molar refractivity (Wildman–Crippen MR) is 95.9 cm³/mol. The van der Waals surface area contributed by atoms with Gasteiger partial charge in [0, 0.05) is 18.7 Å². The molecular weight excluding hydrogens is 312 g/mol. The number of likely N-dealkylation sites (tertiary alicyclic amines) is 1. The molecule has 2 aromatic carbocycles. The van der Waals surface area contributed by atoms with Crippen molar-refractivity contribution in [3.05, 3.63) is 71.3 Å². The van der Waals surface area contributed by atoms with Gasteiger partial charge < -0.3 is 10.0 Å². The number of aliphatic hydroxyl groups excluding tert-OH is 1. The molecule has 1 fully saturated rings. The molecule has 0 radical (unpaired) electrons. The molecule has 2 aromatic rings. The minimum absolute atomic E-state index is 0.0342. The predicted octanol–water partition coefficient (Wildman–Crippen LogP) is 3.01. The van der Waals surface area contributed by atoms with Crippen LogP contribution in [0.1, 0.15) is 34.3 Å². The highest BCUT2D eigenvalue weighted by Gasteiger charge is 2.28. The van der Waals surface area contributed by atoms with Gasteiger partial charge in [-0.15, -0.1) is 0 Å². The number of carbonyl (C=O) groups is 1. The third kappa shape index (κ3) is 4.26. The van der Waals surface area contributed by atoms with E-state index in [2.05, 4.69) is 6.07 Å². The van der Waals surface area contributed by atoms with Crippen LogP contribution in [-0.2, 0) is 6.42 Å². The molecule has 1 atom stereocenters. The first-order valence-corrected chi connectivity index (χ1v) is 8.69. The lowest BCUT2D eigenvalue weighted by Gasteiger charge is -2.34. The molecule has 3 rings (SSSR count). The fourth-order valence-corrected chi connectivity index (χ4v) is 3.41. The molecule has 25 heavy (non-hydrogen) atoms. The van der Waals surface area contributed by atoms with E-state index in [0.29, 0.717) is 30.6 Å². The summed E-state index contributed by atoms with van der Waals surface area (Å²) in [5, 5.41) is 19.5. The van der Waals surface area contributed by atoms with Gasteiger partial charge in [-0.25, -0.2) is 0 Å². The summed E-state index contributed by atoms with van der Waals surface area (Å²) in [6, 6.07) is 18.9. The van der Waals surface area contributed by atoms with Crippen LogP contribution in [0.3, 0.4) is 0 Å². The lowest BCUT2D eigenvalue weighted by atomic mass is 9.87. The number of hydrogen-bond acceptors (Lipinski definition) is 3. The van der Waals surface area contributed by atoms with E-state index < -0.39 is 0 Å². The molecule has 0 saturated carbocycles. The van der Waals surface area contributed by atoms with Crippen molar-refractivity contribution in [2.75, 3.05) is 13.1 Å². The van der Waals surface area contributed by atoms with E-state index in [4.69, 9.17) is 5.26 Å². The van der Waals surface area contributed by atoms with Crippen LogP contribution in [0, 0.1) is 17.2 Å². The molecule has 4 nitrogen and oxygen atoms in total. The smallest absolute Gasteiger partial charge is 0.253 e. The monoisotopic (exact) mass is 334 g/mol. The summed E-state index contributed by atoms with van der Waals surface area (Å²) >= 11 is 0. The minimum atomic E-state index is -0.374. The molecule has 4 heteroatoms. The molecule has 0 aliphatic carbocycles. The van der Waals surface area contributed by atoms with E-state index in [-0.39, 0.29) is 17.9 Å². The normalized spacial score (nSPS) is 16.2. The Labute approximate surface area is 148 Å². The van der Waals surface area contributed by atoms with Gasteiger partial charge in [-0.3, -0.25) is 4.79 Å². The maximum Gasteiger partial charge on any atom is 0.253 e. The third-order valence-electron chi connectivity index (χ3n) is 4.90. The molecule has 1 saturated heterocycles. The molecular formula is C21H22N2O2. The van der Waals surface area contributed by atoms with Gasteiger partial charge in [-0.05, 0) is 48.9 Å². The van der Waals surface area contributed by atoms with E-state index in [1.165, 1.54) is 0 Å². The zero-order chi connectivity index (χ0) is 17.6. The summed E-state index contributed by atoms with van der Waals surface area (Å²) in [4.78, 5) is 14.4. The van der Waals surface area contributed by atoms with Gasteiger partial charge in [0.15, 0.2) is 0 Å². The van der Waals surface area contributed by atoms with Crippen LogP contribution in [-0.4, -0.2) is 35.1 Å². The van der Waals surface area contributed by atoms with Gasteiger partial charge in [-0.1, -0.05) is 36.4 Å². The first-order chi connectivity index (χ1) is 12.2. The maximum absolute atomic E-state index is 12.6. The molecule has 0 aromatic heterocycles. The Bertz CT molecular complexity index is 759. The quantitative estimate of drug-likeness (QED) is 0.935. The molecule has 1 aliphatic heterocycles. The number of nitrogens with zero attached hydrogens (tertiary/aromatic N) is 2. The number of carbonyl (C=O) groups excluding carboxylic acids is 1. The summed E-state index contributed by atoms with van der Waals surface area (Å²) in [6.45, 7) is 1.29. The van der Waals surface area contributed by atoms with E-state index in [9.17, 15) is 9.90 Å². The van der Waals surface area contributed by atoms with Crippen LogP contribution in [0.25, 0.3) is 0 Å². The Hall–Kier alpha value is -2.64. The zero-order valence-electron chi connectivity index (χ0n) is 14.1. The number of rotatable bonds is 4. The average molecular weight is 334 g/mol. The summed E-state index contributed by atoms with van der Waals surface area (Å²) in [5.74, 6) is 0.183. The van der Waals surface area contributed by atoms with Crippen molar-refractivity contribution in [3.8, 4) is 6.07 Å². The van der Waals surface area contributed by atoms with Crippen LogP contribution in [0.5, 0.6) is 0 Å². The van der Waals surface area contributed by atoms with E-state index >= 15 is 0 Å². The molecule has 128 valence electrons. The summed E-state index contributed by atoms with van der Waals surface area (Å²) in [5.41, 5.74) is 2.20. The average Bonchev–Trinajstić information content (AvgIpc) is 2.68. The van der Waals surface area contributed by atoms with Crippen LogP contribution in [0.15, 0.2) is 54.6 Å². The van der Waals surface area contributed by atoms with E-state index in [1.54, 1.807) is 24.3 Å². The lowest BCUT2D eigenvalue weighted by molar-refractivity contribution is 0.0467. The van der Waals surface area contributed by atoms with Crippen molar-refractivity contribution >= 4 is 5.91 Å². The van der Waals surface area contributed by atoms with Crippen LogP contribution < -0.4 is 0 Å². The second kappa shape index (κ2) is 7.96. The molecule has 1 unspecified atom stereocenters. The van der Waals surface area contributed by atoms with Crippen molar-refractivity contribution in [2.45, 2.75) is 25.4 Å². The van der Waals surface area contributed by atoms with Crippen LogP contribution in [0.2, 0.25) is 0 Å². The number of amides is 1. The van der Waals surface area contributed by atoms with Crippen molar-refractivity contribution < 1.29 is 9.90 Å². The fraction of sp³-hybridized carbons (Fsp3) is 0.333. The SMILES string of the molecule is N#Cc1cccc(C(=O)N2CCC(C(O)Cc3ccccc3)CC2)c1. The topological polar surface area (TPSA) is 64.3 Å². The summed E-state index contributed by atoms with van der Waals surface area (Å²) in [7, 11) is 0. The second-order valence-electron chi connectivity index (χ2n) is 6.58. The Kier molecular flexibility index (Phi) is 5.47. The van der Waals surface area contributed by atoms with Crippen LogP contribution >= 0.6 is 0 Å². The summed E-state index contributed by atoms with van der Waals surface area (Å²) in [6.07, 6.45) is 1.89. The van der Waals surface area contributed by atoms with Gasteiger partial charge in [0.1, 0.15) is 0 Å². The highest BCUT2D eigenvalue weighted by molar-refractivity contribution is 5.94. The Balaban J connectivity index is 1.56. The highest BCUT2D eigenvalue weighted by Crippen LogP contribution is 2.24. The number of aliphatic hydroxyl groups is 1. The van der Waals surface area contributed by atoms with Gasteiger partial charge in [0.25, 0.3) is 5.91 Å². The Morgan fingerprint density at radius 2 is 1.88 bits per heavy atom. The first kappa shape index (κ1) is 17.2. The molecule has 1 amide bonds. The zero-order valence-corrected chi connectivity index (χ0v) is 14.1. The van der Waals surface area contributed by atoms with Crippen molar-refractivity contribution in [2.24, 2.45) is 5.92 Å². The number of hydrogen-bond donors (Lipinski definition) is 1. The molecule has 1 N–H and O–H groups in total. The lowest BCUT2D eigenvalue weighted by Crippen LogP contribution is -2.41. The van der Waals surface area contributed by atoms with Crippen molar-refractivity contribution in [1.29, 1.82) is 5.26 Å². The van der Waals surface area contributed by atoms with Crippen LogP contribution in [0.4, 0.5) is 0 Å². The number of benzene rings is 2. The largest absolute Gasteiger partial charge is 0.392 e. The molecule has 0 spiro atoms. The molecule has 1 heterocycles. The van der Waals surface area contributed by atoms with Gasteiger partial charge in [0.2, 0.25) is 0 Å². The van der Waals surface area contributed by atoms with Gasteiger partial charge in [-0.2, -0.15) is 5.26 Å². The minimum Gasteiger partial charge on any atom is -0.392 e. The Morgan fingerprint density at radius 3 is 2.56 bits per heavy atom. The molecule has 0 bridgehead atoms. The van der Waals surface area contributed by atoms with Gasteiger partial charge in [0.05, 0.1) is 17.7 Å². The van der Waals surface area contributed by atoms with E-state index in [0.717, 1.165) is 18.4 Å². The van der Waals surface area contributed by atoms with Crippen molar-refractivity contribution in [3.63, 3.8) is 0 Å². The summed E-state index contributed by atoms with van der Waals surface area (Å²) < 4.78 is 0. The number of nitriles is 1. The van der Waals surface area contributed by atoms with Gasteiger partial charge >= 0.3 is 0 Å². The number of piperidine rings is 1. The maximum atomic E-state index is 12.6. The highest BCUT2D eigenvalue weighted by atomic mass is 16.3. The first-order valence-electron chi connectivity index (χ1n) is 8.69. The third-order valence-corrected chi connectivity index (χ3v) is 4.90. The second-order valence-corrected chi connectivity index (χ2v) is 6.58. The molecule has 1 aliphatic rings. The standard InChI is InChI=1S/C21H22N2O2/c22-15-17-7-4-8-19(13-17)21(25)23-11-9-18(10-12-23)20(24)14-16-5-2-1-3-6-16/h1-8,13,18,20,24H,9-12,14H2. The van der Waals surface area contributed by atoms with Crippen molar-refractivity contribution in [1.82, 2.24) is 4.90 Å². The van der Waals surface area contributed by atoms with E-state index in [1.807, 2.05) is 35.2 Å².